The predicted octanol–water partition coefficient (Wildman–Crippen LogP) is 1.88. The highest BCUT2D eigenvalue weighted by molar-refractivity contribution is 5.94. The summed E-state index contributed by atoms with van der Waals surface area (Å²) in [7, 11) is 0. The van der Waals surface area contributed by atoms with E-state index in [0.29, 0.717) is 12.1 Å². The maximum absolute atomic E-state index is 11.3. The van der Waals surface area contributed by atoms with Crippen molar-refractivity contribution in [1.29, 1.82) is 0 Å². The van der Waals surface area contributed by atoms with Gasteiger partial charge in [-0.15, -0.1) is 0 Å². The lowest BCUT2D eigenvalue weighted by Crippen LogP contribution is -2.28. The van der Waals surface area contributed by atoms with Crippen LogP contribution in [0.25, 0.3) is 0 Å². The molecule has 0 aliphatic heterocycles. The maximum Gasteiger partial charge on any atom is 0.159 e. The van der Waals surface area contributed by atoms with Crippen LogP contribution < -0.4 is 4.90 Å². The van der Waals surface area contributed by atoms with Crippen LogP contribution in [-0.4, -0.2) is 35.6 Å². The van der Waals surface area contributed by atoms with Crippen LogP contribution in [0.1, 0.15) is 37.0 Å². The highest BCUT2D eigenvalue weighted by atomic mass is 16.3. The second-order valence-corrected chi connectivity index (χ2v) is 4.02. The Morgan fingerprint density at radius 1 is 1.47 bits per heavy atom. The lowest BCUT2D eigenvalue weighted by atomic mass is 10.2. The molecule has 1 N–H and O–H groups in total. The van der Waals surface area contributed by atoms with E-state index in [9.17, 15) is 4.79 Å². The van der Waals surface area contributed by atoms with E-state index in [1.54, 1.807) is 25.3 Å². The van der Waals surface area contributed by atoms with Crippen molar-refractivity contribution in [2.75, 3.05) is 24.6 Å². The smallest absolute Gasteiger partial charge is 0.159 e. The number of nitrogens with zero attached hydrogens (tertiary/aromatic N) is 2. The zero-order valence-corrected chi connectivity index (χ0v) is 10.5. The molecule has 1 heterocycles. The molecule has 0 saturated heterocycles. The molecule has 1 aromatic rings. The Balaban J connectivity index is 2.84. The molecule has 0 amide bonds. The Kier molecular flexibility index (Phi) is 5.63. The highest BCUT2D eigenvalue weighted by Crippen LogP contribution is 2.13. The van der Waals surface area contributed by atoms with Gasteiger partial charge in [0.15, 0.2) is 5.78 Å². The van der Waals surface area contributed by atoms with Gasteiger partial charge in [0.2, 0.25) is 0 Å². The molecule has 0 spiro atoms. The maximum atomic E-state index is 11.3. The number of pyridine rings is 1. The summed E-state index contributed by atoms with van der Waals surface area (Å²) >= 11 is 0. The second kappa shape index (κ2) is 7.01. The molecule has 4 nitrogen and oxygen atoms in total. The number of Topliss-reactive ketones (excluding diaryl/α,β-unsaturated/α-hetero) is 1. The first-order valence-corrected chi connectivity index (χ1v) is 6.01. The minimum Gasteiger partial charge on any atom is -0.395 e. The van der Waals surface area contributed by atoms with Gasteiger partial charge in [-0.25, -0.2) is 4.98 Å². The summed E-state index contributed by atoms with van der Waals surface area (Å²) in [4.78, 5) is 17.6. The van der Waals surface area contributed by atoms with E-state index in [1.165, 1.54) is 0 Å². The Hall–Kier alpha value is -1.42. The fourth-order valence-corrected chi connectivity index (χ4v) is 1.62. The summed E-state index contributed by atoms with van der Waals surface area (Å²) in [5, 5.41) is 9.04. The first-order chi connectivity index (χ1) is 8.19. The molecule has 1 rings (SSSR count). The summed E-state index contributed by atoms with van der Waals surface area (Å²) in [5.41, 5.74) is 0.662. The summed E-state index contributed by atoms with van der Waals surface area (Å²) in [6.45, 7) is 5.16. The average Bonchev–Trinajstić information content (AvgIpc) is 2.34. The largest absolute Gasteiger partial charge is 0.395 e. The number of rotatable bonds is 7. The Labute approximate surface area is 102 Å². The molecule has 0 aromatic carbocycles. The zero-order valence-electron chi connectivity index (χ0n) is 10.5. The number of anilines is 1. The summed E-state index contributed by atoms with van der Waals surface area (Å²) in [5.74, 6) is 0.799. The van der Waals surface area contributed by atoms with Gasteiger partial charge in [-0.2, -0.15) is 0 Å². The topological polar surface area (TPSA) is 53.4 Å². The van der Waals surface area contributed by atoms with Crippen LogP contribution in [0.3, 0.4) is 0 Å². The third-order valence-corrected chi connectivity index (χ3v) is 2.63. The van der Waals surface area contributed by atoms with Crippen molar-refractivity contribution in [2.24, 2.45) is 0 Å². The van der Waals surface area contributed by atoms with Crippen molar-refractivity contribution in [3.63, 3.8) is 0 Å². The molecule has 0 fully saturated rings. The normalized spacial score (nSPS) is 10.3. The van der Waals surface area contributed by atoms with Gasteiger partial charge in [0.25, 0.3) is 0 Å². The number of carbonyl (C=O) groups is 1. The molecule has 0 aliphatic rings. The van der Waals surface area contributed by atoms with E-state index in [1.807, 2.05) is 4.90 Å². The van der Waals surface area contributed by atoms with Crippen LogP contribution in [0.2, 0.25) is 0 Å². The standard InChI is InChI=1S/C13H20N2O2/c1-3-4-7-15(8-9-16)13-10-12(11(2)17)5-6-14-13/h5-6,10,16H,3-4,7-9H2,1-2H3. The van der Waals surface area contributed by atoms with E-state index in [4.69, 9.17) is 5.11 Å². The molecule has 0 bridgehead atoms. The van der Waals surface area contributed by atoms with Crippen LogP contribution >= 0.6 is 0 Å². The molecule has 0 aliphatic carbocycles. The minimum absolute atomic E-state index is 0.0353. The van der Waals surface area contributed by atoms with Gasteiger partial charge >= 0.3 is 0 Å². The number of hydrogen-bond donors (Lipinski definition) is 1. The molecule has 0 radical (unpaired) electrons. The van der Waals surface area contributed by atoms with Gasteiger partial charge in [0.1, 0.15) is 5.82 Å². The van der Waals surface area contributed by atoms with Gasteiger partial charge in [-0.05, 0) is 25.5 Å². The molecule has 0 saturated carbocycles. The molecule has 0 unspecified atom stereocenters. The Morgan fingerprint density at radius 3 is 2.82 bits per heavy atom. The lowest BCUT2D eigenvalue weighted by Gasteiger charge is -2.22. The molecule has 0 atom stereocenters. The molecule has 94 valence electrons. The third-order valence-electron chi connectivity index (χ3n) is 2.63. The van der Waals surface area contributed by atoms with Crippen LogP contribution in [0, 0.1) is 0 Å². The fraction of sp³-hybridized carbons (Fsp3) is 0.538. The van der Waals surface area contributed by atoms with Crippen molar-refractivity contribution >= 4 is 11.6 Å². The number of unbranched alkanes of at least 4 members (excludes halogenated alkanes) is 1. The average molecular weight is 236 g/mol. The molecular formula is C13H20N2O2. The number of aromatic nitrogens is 1. The number of aliphatic hydroxyl groups excluding tert-OH is 1. The van der Waals surface area contributed by atoms with Gasteiger partial charge in [-0.3, -0.25) is 4.79 Å². The number of hydrogen-bond acceptors (Lipinski definition) is 4. The van der Waals surface area contributed by atoms with E-state index in [0.717, 1.165) is 25.2 Å². The van der Waals surface area contributed by atoms with E-state index >= 15 is 0 Å². The van der Waals surface area contributed by atoms with Crippen molar-refractivity contribution in [1.82, 2.24) is 4.98 Å². The van der Waals surface area contributed by atoms with Gasteiger partial charge in [-0.1, -0.05) is 13.3 Å². The summed E-state index contributed by atoms with van der Waals surface area (Å²) in [6.07, 6.45) is 3.78. The predicted molar refractivity (Wildman–Crippen MR) is 68.4 cm³/mol. The first-order valence-electron chi connectivity index (χ1n) is 6.01. The number of carbonyl (C=O) groups excluding carboxylic acids is 1. The molecular weight excluding hydrogens is 216 g/mol. The SMILES string of the molecule is CCCCN(CCO)c1cc(C(C)=O)ccn1. The monoisotopic (exact) mass is 236 g/mol. The lowest BCUT2D eigenvalue weighted by molar-refractivity contribution is 0.101. The van der Waals surface area contributed by atoms with Crippen LogP contribution in [0.4, 0.5) is 5.82 Å². The minimum atomic E-state index is 0.0353. The summed E-state index contributed by atoms with van der Waals surface area (Å²) in [6, 6.07) is 3.50. The highest BCUT2D eigenvalue weighted by Gasteiger charge is 2.08. The Bertz CT molecular complexity index is 366. The van der Waals surface area contributed by atoms with Crippen molar-refractivity contribution < 1.29 is 9.90 Å². The first kappa shape index (κ1) is 13.6. The number of aliphatic hydroxyl groups is 1. The summed E-state index contributed by atoms with van der Waals surface area (Å²) < 4.78 is 0. The molecule has 1 aromatic heterocycles. The number of ketones is 1. The van der Waals surface area contributed by atoms with E-state index < -0.39 is 0 Å². The zero-order chi connectivity index (χ0) is 12.7. The van der Waals surface area contributed by atoms with Crippen molar-refractivity contribution in [3.05, 3.63) is 23.9 Å². The van der Waals surface area contributed by atoms with Crippen molar-refractivity contribution in [2.45, 2.75) is 26.7 Å². The quantitative estimate of drug-likeness (QED) is 0.734. The fourth-order valence-electron chi connectivity index (χ4n) is 1.62. The van der Waals surface area contributed by atoms with Crippen LogP contribution in [0.5, 0.6) is 0 Å². The molecule has 17 heavy (non-hydrogen) atoms. The van der Waals surface area contributed by atoms with Crippen LogP contribution in [0.15, 0.2) is 18.3 Å². The van der Waals surface area contributed by atoms with E-state index in [2.05, 4.69) is 11.9 Å². The van der Waals surface area contributed by atoms with Gasteiger partial charge < -0.3 is 10.0 Å². The van der Waals surface area contributed by atoms with Gasteiger partial charge in [0, 0.05) is 24.8 Å². The van der Waals surface area contributed by atoms with Gasteiger partial charge in [0.05, 0.1) is 6.61 Å². The third kappa shape index (κ3) is 4.15. The van der Waals surface area contributed by atoms with Crippen LogP contribution in [-0.2, 0) is 0 Å². The van der Waals surface area contributed by atoms with E-state index in [-0.39, 0.29) is 12.4 Å². The Morgan fingerprint density at radius 2 is 2.24 bits per heavy atom. The van der Waals surface area contributed by atoms with Crippen molar-refractivity contribution in [3.8, 4) is 0 Å². The molecule has 4 heteroatoms. The second-order valence-electron chi connectivity index (χ2n) is 4.02.